The van der Waals surface area contributed by atoms with Crippen molar-refractivity contribution < 1.29 is 23.0 Å². The van der Waals surface area contributed by atoms with Crippen LogP contribution in [0.1, 0.15) is 13.8 Å². The predicted octanol–water partition coefficient (Wildman–Crippen LogP) is 4.63. The molecule has 0 aliphatic heterocycles. The minimum absolute atomic E-state index is 0.0586. The highest BCUT2D eigenvalue weighted by atomic mass is 35.5. The lowest BCUT2D eigenvalue weighted by Crippen LogP contribution is -2.25. The molecule has 1 aliphatic carbocycles. The van der Waals surface area contributed by atoms with Crippen molar-refractivity contribution in [3.63, 3.8) is 0 Å². The predicted molar refractivity (Wildman–Crippen MR) is 79.2 cm³/mol. The molecule has 2 unspecified atom stereocenters. The number of alkyl halides is 2. The van der Waals surface area contributed by atoms with E-state index in [-0.39, 0.29) is 11.7 Å². The summed E-state index contributed by atoms with van der Waals surface area (Å²) in [5, 5.41) is -0.344. The minimum atomic E-state index is -3.68. The maximum atomic E-state index is 14.0. The lowest BCUT2D eigenvalue weighted by Gasteiger charge is -2.17. The molecular formula is C15H14Cl2F2O3. The van der Waals surface area contributed by atoms with Crippen molar-refractivity contribution in [2.75, 3.05) is 0 Å². The molecule has 0 heterocycles. The molecule has 2 rings (SSSR count). The summed E-state index contributed by atoms with van der Waals surface area (Å²) in [5.74, 6) is -0.443. The number of benzene rings is 1. The average Bonchev–Trinajstić information content (AvgIpc) is 2.93. The van der Waals surface area contributed by atoms with Crippen molar-refractivity contribution in [1.29, 1.82) is 0 Å². The fourth-order valence-electron chi connectivity index (χ4n) is 2.21. The van der Waals surface area contributed by atoms with E-state index < -0.39 is 22.7 Å². The first-order chi connectivity index (χ1) is 10.2. The van der Waals surface area contributed by atoms with Crippen molar-refractivity contribution in [3.8, 4) is 5.75 Å². The lowest BCUT2D eigenvalue weighted by molar-refractivity contribution is -0.136. The molecule has 7 heteroatoms. The molecule has 1 aromatic carbocycles. The molecule has 1 fully saturated rings. The normalized spacial score (nSPS) is 23.8. The van der Waals surface area contributed by atoms with E-state index in [4.69, 9.17) is 27.9 Å². The Morgan fingerprint density at radius 1 is 1.32 bits per heavy atom. The van der Waals surface area contributed by atoms with Gasteiger partial charge in [0.1, 0.15) is 16.9 Å². The number of halogens is 4. The molecule has 1 saturated carbocycles. The van der Waals surface area contributed by atoms with E-state index in [2.05, 4.69) is 4.74 Å². The first-order valence-electron chi connectivity index (χ1n) is 6.48. The van der Waals surface area contributed by atoms with Crippen molar-refractivity contribution >= 4 is 29.7 Å². The Balaban J connectivity index is 2.10. The van der Waals surface area contributed by atoms with E-state index in [0.29, 0.717) is 11.5 Å². The quantitative estimate of drug-likeness (QED) is 0.701. The van der Waals surface area contributed by atoms with Gasteiger partial charge in [0.2, 0.25) is 0 Å². The molecule has 0 spiro atoms. The van der Waals surface area contributed by atoms with E-state index in [1.165, 1.54) is 30.3 Å². The van der Waals surface area contributed by atoms with Crippen molar-refractivity contribution in [3.05, 3.63) is 40.4 Å². The fraction of sp³-hybridized carbons (Fsp3) is 0.400. The van der Waals surface area contributed by atoms with Gasteiger partial charge in [-0.25, -0.2) is 0 Å². The Kier molecular flexibility index (Phi) is 4.68. The third kappa shape index (κ3) is 3.52. The molecule has 120 valence electrons. The van der Waals surface area contributed by atoms with Crippen LogP contribution in [-0.4, -0.2) is 18.7 Å². The summed E-state index contributed by atoms with van der Waals surface area (Å²) in [4.78, 5) is 10.4. The zero-order chi connectivity index (χ0) is 16.5. The number of hydrogen-bond acceptors (Lipinski definition) is 3. The van der Waals surface area contributed by atoms with E-state index in [0.717, 1.165) is 0 Å². The number of carbonyl (C=O) groups excluding carboxylic acids is 1. The van der Waals surface area contributed by atoms with Crippen LogP contribution in [0.3, 0.4) is 0 Å². The highest BCUT2D eigenvalue weighted by Gasteiger charge is 2.60. The standard InChI is InChI=1S/C15H14Cl2F2O3/c1-14(2)11(13(14)21-8-20)7-12(17)15(18,19)22-10-5-3-9(16)4-6-10/h3-8,11,13H,1-2H3/b12-7-. The average molecular weight is 351 g/mol. The van der Waals surface area contributed by atoms with Gasteiger partial charge in [-0.15, -0.1) is 0 Å². The van der Waals surface area contributed by atoms with Crippen molar-refractivity contribution in [2.24, 2.45) is 11.3 Å². The summed E-state index contributed by atoms with van der Waals surface area (Å²) in [6.45, 7) is 3.89. The fourth-order valence-corrected chi connectivity index (χ4v) is 2.51. The summed E-state index contributed by atoms with van der Waals surface area (Å²) >= 11 is 11.4. The molecule has 0 N–H and O–H groups in total. The van der Waals surface area contributed by atoms with E-state index in [1.807, 2.05) is 0 Å². The van der Waals surface area contributed by atoms with Crippen LogP contribution in [0.4, 0.5) is 8.78 Å². The molecule has 3 nitrogen and oxygen atoms in total. The zero-order valence-electron chi connectivity index (χ0n) is 11.9. The Hall–Kier alpha value is -1.33. The minimum Gasteiger partial charge on any atom is -0.463 e. The maximum Gasteiger partial charge on any atom is 0.437 e. The molecule has 1 aliphatic rings. The second-order valence-electron chi connectivity index (χ2n) is 5.59. The van der Waals surface area contributed by atoms with Gasteiger partial charge in [0.15, 0.2) is 0 Å². The molecule has 0 amide bonds. The lowest BCUT2D eigenvalue weighted by atomic mass is 10.1. The van der Waals surface area contributed by atoms with Gasteiger partial charge >= 0.3 is 6.11 Å². The molecule has 0 saturated heterocycles. The van der Waals surface area contributed by atoms with Crippen LogP contribution in [0.25, 0.3) is 0 Å². The van der Waals surface area contributed by atoms with Gasteiger partial charge in [0.05, 0.1) is 0 Å². The van der Waals surface area contributed by atoms with Gasteiger partial charge in [0, 0.05) is 16.4 Å². The van der Waals surface area contributed by atoms with Crippen LogP contribution in [0.5, 0.6) is 5.75 Å². The summed E-state index contributed by atoms with van der Waals surface area (Å²) in [6.07, 6.45) is -2.98. The van der Waals surface area contributed by atoms with Gasteiger partial charge in [-0.1, -0.05) is 43.1 Å². The Morgan fingerprint density at radius 3 is 2.45 bits per heavy atom. The molecule has 2 atom stereocenters. The Bertz CT molecular complexity index is 585. The molecular weight excluding hydrogens is 337 g/mol. The van der Waals surface area contributed by atoms with Gasteiger partial charge in [-0.3, -0.25) is 4.79 Å². The Morgan fingerprint density at radius 2 is 1.91 bits per heavy atom. The third-order valence-corrected chi connectivity index (χ3v) is 4.27. The monoisotopic (exact) mass is 350 g/mol. The number of hydrogen-bond donors (Lipinski definition) is 0. The van der Waals surface area contributed by atoms with Crippen LogP contribution in [0, 0.1) is 11.3 Å². The zero-order valence-corrected chi connectivity index (χ0v) is 13.4. The van der Waals surface area contributed by atoms with Gasteiger partial charge in [0.25, 0.3) is 6.47 Å². The topological polar surface area (TPSA) is 35.5 Å². The highest BCUT2D eigenvalue weighted by Crippen LogP contribution is 2.55. The Labute approximate surface area is 136 Å². The van der Waals surface area contributed by atoms with Crippen LogP contribution >= 0.6 is 23.2 Å². The van der Waals surface area contributed by atoms with Gasteiger partial charge in [-0.05, 0) is 24.3 Å². The number of ether oxygens (including phenoxy) is 2. The molecule has 22 heavy (non-hydrogen) atoms. The van der Waals surface area contributed by atoms with Crippen LogP contribution < -0.4 is 4.74 Å². The van der Waals surface area contributed by atoms with Gasteiger partial charge in [-0.2, -0.15) is 8.78 Å². The number of carbonyl (C=O) groups is 1. The van der Waals surface area contributed by atoms with E-state index >= 15 is 0 Å². The van der Waals surface area contributed by atoms with Crippen LogP contribution in [-0.2, 0) is 9.53 Å². The SMILES string of the molecule is CC1(C)C(/C=C(\Cl)C(F)(F)Oc2ccc(Cl)cc2)C1OC=O. The van der Waals surface area contributed by atoms with Crippen LogP contribution in [0.2, 0.25) is 5.02 Å². The third-order valence-electron chi connectivity index (χ3n) is 3.68. The summed E-state index contributed by atoms with van der Waals surface area (Å²) in [7, 11) is 0. The largest absolute Gasteiger partial charge is 0.463 e. The molecule has 1 aromatic rings. The molecule has 0 bridgehead atoms. The number of rotatable bonds is 6. The highest BCUT2D eigenvalue weighted by molar-refractivity contribution is 6.30. The van der Waals surface area contributed by atoms with E-state index in [1.54, 1.807) is 13.8 Å². The second kappa shape index (κ2) is 6.05. The summed E-state index contributed by atoms with van der Waals surface area (Å²) in [6, 6.07) is 5.50. The smallest absolute Gasteiger partial charge is 0.437 e. The van der Waals surface area contributed by atoms with Crippen molar-refractivity contribution in [1.82, 2.24) is 0 Å². The first kappa shape index (κ1) is 17.0. The molecule has 0 radical (unpaired) electrons. The molecule has 0 aromatic heterocycles. The van der Waals surface area contributed by atoms with Gasteiger partial charge < -0.3 is 9.47 Å². The summed E-state index contributed by atoms with van der Waals surface area (Å²) < 4.78 is 37.4. The van der Waals surface area contributed by atoms with Crippen LogP contribution in [0.15, 0.2) is 35.4 Å². The van der Waals surface area contributed by atoms with E-state index in [9.17, 15) is 13.6 Å². The first-order valence-corrected chi connectivity index (χ1v) is 7.23. The maximum absolute atomic E-state index is 14.0. The summed E-state index contributed by atoms with van der Waals surface area (Å²) in [5.41, 5.74) is -0.433. The van der Waals surface area contributed by atoms with Crippen molar-refractivity contribution in [2.45, 2.75) is 26.1 Å². The second-order valence-corrected chi connectivity index (χ2v) is 6.43.